The zero-order valence-corrected chi connectivity index (χ0v) is 33.7. The Bertz CT molecular complexity index is 2140. The maximum atomic E-state index is 12.4. The van der Waals surface area contributed by atoms with Gasteiger partial charge in [0.15, 0.2) is 6.04 Å². The van der Waals surface area contributed by atoms with Crippen molar-refractivity contribution in [2.75, 3.05) is 10.6 Å². The van der Waals surface area contributed by atoms with Gasteiger partial charge in [0.2, 0.25) is 11.4 Å². The molecular weight excluding hydrogens is 822 g/mol. The summed E-state index contributed by atoms with van der Waals surface area (Å²) in [5.41, 5.74) is 10.1. The van der Waals surface area contributed by atoms with Crippen LogP contribution in [0, 0.1) is 27.0 Å². The van der Waals surface area contributed by atoms with E-state index in [4.69, 9.17) is 70.5 Å². The Labute approximate surface area is 348 Å². The van der Waals surface area contributed by atoms with E-state index in [2.05, 4.69) is 31.2 Å². The fraction of sp³-hybridized carbons (Fsp3) is 0.211. The van der Waals surface area contributed by atoms with Crippen LogP contribution in [0.15, 0.2) is 72.8 Å². The molecule has 0 spiro atoms. The third kappa shape index (κ3) is 14.1. The van der Waals surface area contributed by atoms with Gasteiger partial charge in [-0.25, -0.2) is 20.3 Å². The second kappa shape index (κ2) is 22.8. The Kier molecular flexibility index (Phi) is 19.0. The van der Waals surface area contributed by atoms with E-state index in [0.717, 1.165) is 0 Å². The number of hydrogen-bond acceptors (Lipinski definition) is 9. The van der Waals surface area contributed by atoms with Gasteiger partial charge in [-0.3, -0.25) is 30.7 Å². The van der Waals surface area contributed by atoms with E-state index >= 15 is 0 Å². The van der Waals surface area contributed by atoms with E-state index in [1.165, 1.54) is 38.1 Å². The fourth-order valence-corrected chi connectivity index (χ4v) is 5.18. The number of nitrogen functional groups attached to an aromatic ring is 1. The molecule has 0 saturated carbocycles. The average molecular weight is 861 g/mol. The van der Waals surface area contributed by atoms with Gasteiger partial charge in [-0.1, -0.05) is 58.5 Å². The average Bonchev–Trinajstić information content (AvgIpc) is 3.18. The van der Waals surface area contributed by atoms with Crippen molar-refractivity contribution in [3.8, 4) is 0 Å². The number of aliphatic carboxylic acids is 1. The number of carboxylic acids is 1. The van der Waals surface area contributed by atoms with Crippen LogP contribution in [0.1, 0.15) is 45.7 Å². The van der Waals surface area contributed by atoms with E-state index in [1.807, 2.05) is 5.43 Å². The lowest BCUT2D eigenvalue weighted by Gasteiger charge is -2.23. The smallest absolute Gasteiger partial charge is 0.328 e. The first kappa shape index (κ1) is 47.5. The van der Waals surface area contributed by atoms with Crippen LogP contribution in [-0.4, -0.2) is 63.3 Å². The van der Waals surface area contributed by atoms with E-state index < -0.39 is 42.1 Å². The van der Waals surface area contributed by atoms with Crippen molar-refractivity contribution in [1.82, 2.24) is 16.3 Å². The first-order valence-electron chi connectivity index (χ1n) is 16.4. The molecule has 300 valence electrons. The molecule has 0 aliphatic heterocycles. The van der Waals surface area contributed by atoms with Crippen molar-refractivity contribution in [3.05, 3.63) is 138 Å². The topological polar surface area (TPSA) is 224 Å². The summed E-state index contributed by atoms with van der Waals surface area (Å²) in [5.74, 6) is 2.25. The molecule has 4 atom stereocenters. The fourth-order valence-electron chi connectivity index (χ4n) is 4.51. The van der Waals surface area contributed by atoms with Gasteiger partial charge in [0.05, 0.1) is 35.4 Å². The number of carboxylic acid groups (broad SMARTS) is 1. The highest BCUT2D eigenvalue weighted by atomic mass is 35.5. The minimum Gasteiger partial charge on any atom is -0.480 e. The molecule has 0 fully saturated rings. The number of benzene rings is 4. The summed E-state index contributed by atoms with van der Waals surface area (Å²) in [6.07, 6.45) is -2.13. The quantitative estimate of drug-likeness (QED) is 0.0349. The van der Waals surface area contributed by atoms with Gasteiger partial charge in [0.25, 0.3) is 17.7 Å². The third-order valence-electron chi connectivity index (χ3n) is 7.75. The normalized spacial score (nSPS) is 12.2. The predicted molar refractivity (Wildman–Crippen MR) is 221 cm³/mol. The number of carbonyl (C=O) groups is 4. The van der Waals surface area contributed by atoms with Gasteiger partial charge in [-0.2, -0.15) is 0 Å². The third-order valence-corrected chi connectivity index (χ3v) is 9.21. The summed E-state index contributed by atoms with van der Waals surface area (Å²) in [6.45, 7) is 20.2. The summed E-state index contributed by atoms with van der Waals surface area (Å²) in [5, 5.41) is 35.5. The van der Waals surface area contributed by atoms with Crippen molar-refractivity contribution in [2.24, 2.45) is 5.84 Å². The van der Waals surface area contributed by atoms with E-state index in [-0.39, 0.29) is 21.6 Å². The number of nitrogens with one attached hydrogen (secondary N) is 5. The molecular formula is C38H38Cl4N8O7. The number of aliphatic hydroxyl groups is 2. The first-order chi connectivity index (χ1) is 26.9. The Morgan fingerprint density at radius 1 is 0.632 bits per heavy atom. The molecule has 0 unspecified atom stereocenters. The number of hydrazine groups is 2. The van der Waals surface area contributed by atoms with Gasteiger partial charge >= 0.3 is 5.97 Å². The maximum Gasteiger partial charge on any atom is 0.328 e. The number of nitrogens with zero attached hydrogens (tertiary/aromatic N) is 2. The van der Waals surface area contributed by atoms with Crippen molar-refractivity contribution < 1.29 is 34.5 Å². The van der Waals surface area contributed by atoms with Crippen LogP contribution < -0.4 is 32.8 Å². The monoisotopic (exact) mass is 858 g/mol. The lowest BCUT2D eigenvalue weighted by Crippen LogP contribution is -2.52. The second-order valence-electron chi connectivity index (χ2n) is 11.9. The van der Waals surface area contributed by atoms with Crippen LogP contribution in [0.2, 0.25) is 20.1 Å². The molecule has 57 heavy (non-hydrogen) atoms. The lowest BCUT2D eigenvalue weighted by atomic mass is 10.1. The Morgan fingerprint density at radius 2 is 1.02 bits per heavy atom. The number of hydrogen-bond donors (Lipinski definition) is 9. The molecule has 0 aliphatic carbocycles. The molecule has 0 saturated heterocycles. The molecule has 0 bridgehead atoms. The minimum atomic E-state index is -1.16. The zero-order chi connectivity index (χ0) is 43.0. The van der Waals surface area contributed by atoms with Gasteiger partial charge < -0.3 is 26.0 Å². The van der Waals surface area contributed by atoms with E-state index in [1.54, 1.807) is 62.4 Å². The second-order valence-corrected chi connectivity index (χ2v) is 13.5. The van der Waals surface area contributed by atoms with E-state index in [0.29, 0.717) is 49.4 Å². The van der Waals surface area contributed by atoms with Crippen LogP contribution in [-0.2, 0) is 9.59 Å². The van der Waals surface area contributed by atoms with Crippen molar-refractivity contribution >= 4 is 92.8 Å². The van der Waals surface area contributed by atoms with E-state index in [9.17, 15) is 29.4 Å². The lowest BCUT2D eigenvalue weighted by molar-refractivity contribution is -0.140. The number of nitrogens with two attached hydrogens (primary N) is 1. The highest BCUT2D eigenvalue weighted by molar-refractivity contribution is 6.35. The predicted octanol–water partition coefficient (Wildman–Crippen LogP) is 6.86. The van der Waals surface area contributed by atoms with Crippen LogP contribution in [0.5, 0.6) is 0 Å². The van der Waals surface area contributed by atoms with Crippen molar-refractivity contribution in [3.63, 3.8) is 0 Å². The molecule has 3 amide bonds. The van der Waals surface area contributed by atoms with Crippen LogP contribution in [0.25, 0.3) is 9.69 Å². The Balaban J connectivity index is 0.000000329. The molecule has 4 aromatic carbocycles. The Morgan fingerprint density at radius 3 is 1.37 bits per heavy atom. The summed E-state index contributed by atoms with van der Waals surface area (Å²) in [4.78, 5) is 52.9. The van der Waals surface area contributed by atoms with Gasteiger partial charge in [-0.05, 0) is 99.5 Å². The molecule has 0 radical (unpaired) electrons. The Hall–Kier alpha value is -5.62. The summed E-state index contributed by atoms with van der Waals surface area (Å²) in [6, 6.07) is 16.6. The highest BCUT2D eigenvalue weighted by Crippen LogP contribution is 2.34. The van der Waals surface area contributed by atoms with Crippen LogP contribution >= 0.6 is 46.4 Å². The molecule has 0 aliphatic rings. The highest BCUT2D eigenvalue weighted by Gasteiger charge is 2.26. The minimum absolute atomic E-state index is 0.265. The molecule has 0 heterocycles. The van der Waals surface area contributed by atoms with Crippen molar-refractivity contribution in [1.29, 1.82) is 0 Å². The van der Waals surface area contributed by atoms with Gasteiger partial charge in [0.1, 0.15) is 6.04 Å². The van der Waals surface area contributed by atoms with Crippen LogP contribution in [0.4, 0.5) is 22.7 Å². The van der Waals surface area contributed by atoms with Gasteiger partial charge in [0, 0.05) is 32.5 Å². The molecule has 0 aromatic heterocycles. The van der Waals surface area contributed by atoms with Crippen molar-refractivity contribution in [2.45, 2.75) is 52.0 Å². The molecule has 10 N–H and O–H groups in total. The number of rotatable bonds is 10. The summed E-state index contributed by atoms with van der Waals surface area (Å²) < 4.78 is 0. The standard InChI is InChI=1S/C19H18Cl2N4O3.C12H13ClN2O3.C7H7ClN2O/c1-10-14(8-9-15(22-3)16(10)21)23-17(11(2)26)19(28)25-24-18(27)12-4-6-13(20)7-5-12;1-6-8(4-5-9(14-3)10(6)13)15-11(7(2)16)12(17)18;8-6-3-1-5(2-4-6)7(11)10-9/h4-9,11,17,23,26H,1-2H3,(H,24,27)(H,25,28);4-5,7,11,15-16H,1-2H3,(H,17,18);1-4H,9H2,(H,10,11)/t11-,17+;7-,11+;/m00./s1. The molecule has 19 heteroatoms. The number of anilines is 2. The van der Waals surface area contributed by atoms with Crippen LogP contribution in [0.3, 0.4) is 0 Å². The zero-order valence-electron chi connectivity index (χ0n) is 30.7. The SMILES string of the molecule is NNC(=O)c1ccc(Cl)cc1.[C-]#[N+]c1ccc(N[C@@H](C(=O)NNC(=O)c2ccc(Cl)cc2)[C@H](C)O)c(C)c1Cl.[C-]#[N+]c1ccc(N[C@@H](C(=O)O)[C@H](C)O)c(C)c1Cl. The van der Waals surface area contributed by atoms with Gasteiger partial charge in [-0.15, -0.1) is 0 Å². The summed E-state index contributed by atoms with van der Waals surface area (Å²) >= 11 is 23.5. The molecule has 4 aromatic rings. The first-order valence-corrected chi connectivity index (χ1v) is 17.9. The number of halogens is 4. The number of amides is 3. The largest absolute Gasteiger partial charge is 0.480 e. The summed E-state index contributed by atoms with van der Waals surface area (Å²) in [7, 11) is 0. The maximum absolute atomic E-state index is 12.4. The number of carbonyl (C=O) groups excluding carboxylic acids is 3. The molecule has 4 rings (SSSR count). The molecule has 15 nitrogen and oxygen atoms in total. The number of aliphatic hydroxyl groups excluding tert-OH is 2.